The molecule has 0 amide bonds. The number of hydrogen-bond donors (Lipinski definition) is 1. The molecule has 4 heteroatoms. The van der Waals surface area contributed by atoms with Crippen LogP contribution in [0.25, 0.3) is 0 Å². The Balaban J connectivity index is 2.29. The minimum absolute atomic E-state index is 0.285. The quantitative estimate of drug-likeness (QED) is 0.842. The summed E-state index contributed by atoms with van der Waals surface area (Å²) in [5.41, 5.74) is -0.379. The molecule has 0 aromatic heterocycles. The topological polar surface area (TPSA) is 38.3 Å². The molecule has 1 aromatic rings. The molecule has 3 nitrogen and oxygen atoms in total. The standard InChI is InChI=1S/C16H22FNO2/c1-3-20-15(19)16(2,18-14-9-4-5-10-14)12-7-6-8-13(17)11-12/h6-8,11,14,18H,3-5,9-10H2,1-2H3. The number of carbonyl (C=O) groups excluding carboxylic acids is 1. The number of hydrogen-bond acceptors (Lipinski definition) is 3. The molecule has 0 radical (unpaired) electrons. The van der Waals surface area contributed by atoms with E-state index in [1.54, 1.807) is 26.0 Å². The summed E-state index contributed by atoms with van der Waals surface area (Å²) in [6, 6.07) is 6.46. The van der Waals surface area contributed by atoms with Crippen molar-refractivity contribution in [3.05, 3.63) is 35.6 Å². The molecule has 0 bridgehead atoms. The van der Waals surface area contributed by atoms with Gasteiger partial charge in [-0.2, -0.15) is 0 Å². The molecule has 1 N–H and O–H groups in total. The maximum absolute atomic E-state index is 13.5. The highest BCUT2D eigenvalue weighted by Gasteiger charge is 2.39. The van der Waals surface area contributed by atoms with Crippen LogP contribution < -0.4 is 5.32 Å². The van der Waals surface area contributed by atoms with Gasteiger partial charge >= 0.3 is 5.97 Å². The second-order valence-corrected chi connectivity index (χ2v) is 5.48. The first kappa shape index (κ1) is 15.0. The summed E-state index contributed by atoms with van der Waals surface area (Å²) in [6.07, 6.45) is 4.42. The summed E-state index contributed by atoms with van der Waals surface area (Å²) >= 11 is 0. The number of rotatable bonds is 5. The van der Waals surface area contributed by atoms with E-state index in [9.17, 15) is 9.18 Å². The normalized spacial score (nSPS) is 18.8. The van der Waals surface area contributed by atoms with Gasteiger partial charge in [-0.25, -0.2) is 9.18 Å². The van der Waals surface area contributed by atoms with Crippen LogP contribution in [-0.4, -0.2) is 18.6 Å². The predicted octanol–water partition coefficient (Wildman–Crippen LogP) is 3.14. The fourth-order valence-corrected chi connectivity index (χ4v) is 2.81. The third-order valence-electron chi connectivity index (χ3n) is 3.93. The van der Waals surface area contributed by atoms with Crippen molar-refractivity contribution in [3.8, 4) is 0 Å². The van der Waals surface area contributed by atoms with Crippen molar-refractivity contribution in [2.24, 2.45) is 0 Å². The smallest absolute Gasteiger partial charge is 0.330 e. The lowest BCUT2D eigenvalue weighted by atomic mass is 9.90. The predicted molar refractivity (Wildman–Crippen MR) is 75.8 cm³/mol. The first-order valence-electron chi connectivity index (χ1n) is 7.27. The zero-order valence-corrected chi connectivity index (χ0v) is 12.1. The molecule has 1 fully saturated rings. The van der Waals surface area contributed by atoms with E-state index in [0.29, 0.717) is 12.2 Å². The summed E-state index contributed by atoms with van der Waals surface area (Å²) in [5, 5.41) is 3.38. The van der Waals surface area contributed by atoms with Crippen molar-refractivity contribution >= 4 is 5.97 Å². The summed E-state index contributed by atoms with van der Waals surface area (Å²) in [5.74, 6) is -0.691. The molecule has 110 valence electrons. The molecule has 1 atom stereocenters. The Hall–Kier alpha value is -1.42. The zero-order valence-electron chi connectivity index (χ0n) is 12.1. The molecular formula is C16H22FNO2. The molecule has 0 spiro atoms. The molecular weight excluding hydrogens is 257 g/mol. The lowest BCUT2D eigenvalue weighted by molar-refractivity contribution is -0.151. The summed E-state index contributed by atoms with van der Waals surface area (Å²) < 4.78 is 18.7. The van der Waals surface area contributed by atoms with Gasteiger partial charge in [0.25, 0.3) is 0 Å². The lowest BCUT2D eigenvalue weighted by Crippen LogP contribution is -2.51. The molecule has 2 rings (SSSR count). The van der Waals surface area contributed by atoms with Gasteiger partial charge in [0.05, 0.1) is 6.61 Å². The summed E-state index contributed by atoms with van der Waals surface area (Å²) in [7, 11) is 0. The molecule has 1 aromatic carbocycles. The molecule has 0 saturated heterocycles. The van der Waals surface area contributed by atoms with Crippen LogP contribution in [0.2, 0.25) is 0 Å². The second kappa shape index (κ2) is 6.35. The largest absolute Gasteiger partial charge is 0.464 e. The van der Waals surface area contributed by atoms with Gasteiger partial charge in [-0.05, 0) is 44.4 Å². The van der Waals surface area contributed by atoms with Gasteiger partial charge in [-0.1, -0.05) is 25.0 Å². The monoisotopic (exact) mass is 279 g/mol. The van der Waals surface area contributed by atoms with Crippen molar-refractivity contribution in [2.75, 3.05) is 6.61 Å². The van der Waals surface area contributed by atoms with Gasteiger partial charge in [0.1, 0.15) is 11.4 Å². The molecule has 0 heterocycles. The third-order valence-corrected chi connectivity index (χ3v) is 3.93. The van der Waals surface area contributed by atoms with Crippen LogP contribution in [0.4, 0.5) is 4.39 Å². The van der Waals surface area contributed by atoms with Crippen LogP contribution >= 0.6 is 0 Å². The Morgan fingerprint density at radius 1 is 1.45 bits per heavy atom. The Bertz CT molecular complexity index is 471. The van der Waals surface area contributed by atoms with Gasteiger partial charge < -0.3 is 4.74 Å². The minimum atomic E-state index is -0.993. The Labute approximate surface area is 119 Å². The number of esters is 1. The first-order valence-corrected chi connectivity index (χ1v) is 7.27. The first-order chi connectivity index (χ1) is 9.56. The maximum atomic E-state index is 13.5. The second-order valence-electron chi connectivity index (χ2n) is 5.48. The van der Waals surface area contributed by atoms with Gasteiger partial charge in [0.15, 0.2) is 0 Å². The van der Waals surface area contributed by atoms with E-state index in [-0.39, 0.29) is 17.8 Å². The summed E-state index contributed by atoms with van der Waals surface area (Å²) in [4.78, 5) is 12.4. The lowest BCUT2D eigenvalue weighted by Gasteiger charge is -2.32. The Morgan fingerprint density at radius 2 is 2.15 bits per heavy atom. The van der Waals surface area contributed by atoms with Crippen molar-refractivity contribution in [1.82, 2.24) is 5.32 Å². The van der Waals surface area contributed by atoms with Crippen LogP contribution in [0.1, 0.15) is 45.1 Å². The van der Waals surface area contributed by atoms with Gasteiger partial charge in [-0.15, -0.1) is 0 Å². The van der Waals surface area contributed by atoms with E-state index in [2.05, 4.69) is 5.32 Å². The van der Waals surface area contributed by atoms with E-state index in [1.807, 2.05) is 0 Å². The van der Waals surface area contributed by atoms with Crippen molar-refractivity contribution in [3.63, 3.8) is 0 Å². The molecule has 1 aliphatic rings. The third kappa shape index (κ3) is 3.18. The van der Waals surface area contributed by atoms with Crippen LogP contribution in [0.15, 0.2) is 24.3 Å². The van der Waals surface area contributed by atoms with Crippen LogP contribution in [0, 0.1) is 5.82 Å². The number of nitrogens with one attached hydrogen (secondary N) is 1. The van der Waals surface area contributed by atoms with Gasteiger partial charge in [-0.3, -0.25) is 5.32 Å². The summed E-state index contributed by atoms with van der Waals surface area (Å²) in [6.45, 7) is 3.87. The van der Waals surface area contributed by atoms with Crippen molar-refractivity contribution in [1.29, 1.82) is 0 Å². The molecule has 0 aliphatic heterocycles. The number of benzene rings is 1. The average molecular weight is 279 g/mol. The number of halogens is 1. The van der Waals surface area contributed by atoms with Gasteiger partial charge in [0, 0.05) is 6.04 Å². The van der Waals surface area contributed by atoms with E-state index in [4.69, 9.17) is 4.74 Å². The van der Waals surface area contributed by atoms with E-state index in [0.717, 1.165) is 12.8 Å². The van der Waals surface area contributed by atoms with Crippen LogP contribution in [0.3, 0.4) is 0 Å². The molecule has 20 heavy (non-hydrogen) atoms. The average Bonchev–Trinajstić information content (AvgIpc) is 2.91. The van der Waals surface area contributed by atoms with E-state index >= 15 is 0 Å². The van der Waals surface area contributed by atoms with Crippen molar-refractivity contribution in [2.45, 2.75) is 51.1 Å². The van der Waals surface area contributed by atoms with Gasteiger partial charge in [0.2, 0.25) is 0 Å². The molecule has 1 unspecified atom stereocenters. The minimum Gasteiger partial charge on any atom is -0.464 e. The Morgan fingerprint density at radius 3 is 2.75 bits per heavy atom. The fraction of sp³-hybridized carbons (Fsp3) is 0.562. The molecule has 1 aliphatic carbocycles. The SMILES string of the molecule is CCOC(=O)C(C)(NC1CCCC1)c1cccc(F)c1. The highest BCUT2D eigenvalue weighted by atomic mass is 19.1. The highest BCUT2D eigenvalue weighted by Crippen LogP contribution is 2.28. The highest BCUT2D eigenvalue weighted by molar-refractivity contribution is 5.82. The fourth-order valence-electron chi connectivity index (χ4n) is 2.81. The Kier molecular flexibility index (Phi) is 4.76. The molecule has 1 saturated carbocycles. The maximum Gasteiger partial charge on any atom is 0.330 e. The van der Waals surface area contributed by atoms with E-state index < -0.39 is 5.54 Å². The van der Waals surface area contributed by atoms with Crippen LogP contribution in [-0.2, 0) is 15.1 Å². The zero-order chi connectivity index (χ0) is 14.6. The number of carbonyl (C=O) groups is 1. The van der Waals surface area contributed by atoms with Crippen molar-refractivity contribution < 1.29 is 13.9 Å². The van der Waals surface area contributed by atoms with E-state index in [1.165, 1.54) is 25.0 Å². The number of ether oxygens (including phenoxy) is 1. The van der Waals surface area contributed by atoms with Crippen LogP contribution in [0.5, 0.6) is 0 Å².